The lowest BCUT2D eigenvalue weighted by Gasteiger charge is -2.32. The van der Waals surface area contributed by atoms with Crippen molar-refractivity contribution in [2.75, 3.05) is 38.6 Å². The zero-order valence-electron chi connectivity index (χ0n) is 18.4. The van der Waals surface area contributed by atoms with Gasteiger partial charge in [-0.3, -0.25) is 14.7 Å². The fourth-order valence-corrected chi connectivity index (χ4v) is 4.06. The van der Waals surface area contributed by atoms with Gasteiger partial charge in [-0.2, -0.15) is 0 Å². The number of pyridine rings is 2. The van der Waals surface area contributed by atoms with Gasteiger partial charge in [0, 0.05) is 50.7 Å². The predicted molar refractivity (Wildman–Crippen MR) is 126 cm³/mol. The molecule has 0 spiro atoms. The number of piperazine rings is 1. The number of H-pyrrole nitrogens is 1. The van der Waals surface area contributed by atoms with Crippen LogP contribution in [0.15, 0.2) is 55.0 Å². The molecular weight excluding hydrogens is 418 g/mol. The van der Waals surface area contributed by atoms with Crippen LogP contribution in [0.25, 0.3) is 22.2 Å². The Morgan fingerprint density at radius 2 is 2.00 bits per heavy atom. The molecule has 3 aromatic heterocycles. The van der Waals surface area contributed by atoms with Crippen molar-refractivity contribution in [2.45, 2.75) is 6.54 Å². The average molecular weight is 444 g/mol. The van der Waals surface area contributed by atoms with Crippen molar-refractivity contribution in [1.82, 2.24) is 29.7 Å². The summed E-state index contributed by atoms with van der Waals surface area (Å²) in [5, 5.41) is 3.28. The molecule has 9 heteroatoms. The van der Waals surface area contributed by atoms with Gasteiger partial charge in [0.2, 0.25) is 12.4 Å². The smallest absolute Gasteiger partial charge is 0.209 e. The molecular formula is C24H25N7O2. The zero-order chi connectivity index (χ0) is 22.6. The number of imidazole rings is 1. The highest BCUT2D eigenvalue weighted by molar-refractivity contribution is 5.85. The molecule has 1 aliphatic rings. The van der Waals surface area contributed by atoms with E-state index in [-0.39, 0.29) is 0 Å². The average Bonchev–Trinajstić information content (AvgIpc) is 3.26. The van der Waals surface area contributed by atoms with Gasteiger partial charge in [-0.1, -0.05) is 6.07 Å². The van der Waals surface area contributed by atoms with Gasteiger partial charge in [-0.05, 0) is 41.5 Å². The van der Waals surface area contributed by atoms with Crippen LogP contribution in [0.2, 0.25) is 0 Å². The third kappa shape index (κ3) is 4.63. The third-order valence-corrected chi connectivity index (χ3v) is 5.83. The van der Waals surface area contributed by atoms with Gasteiger partial charge in [0.25, 0.3) is 0 Å². The Labute approximate surface area is 191 Å². The van der Waals surface area contributed by atoms with Crippen molar-refractivity contribution >= 4 is 29.2 Å². The lowest BCUT2D eigenvalue weighted by Crippen LogP contribution is -2.45. The van der Waals surface area contributed by atoms with Crippen LogP contribution in [-0.2, 0) is 11.3 Å². The SMILES string of the molecule is COc1cnccc1-c1ccc2nc(Nc3cc(CN4CCN(C=O)CC4)ccn3)[nH]c2c1. The molecule has 0 bridgehead atoms. The fraction of sp³-hybridized carbons (Fsp3) is 0.250. The van der Waals surface area contributed by atoms with Crippen LogP contribution in [0.1, 0.15) is 5.56 Å². The van der Waals surface area contributed by atoms with Gasteiger partial charge in [-0.15, -0.1) is 0 Å². The Hall–Kier alpha value is -3.98. The first-order chi connectivity index (χ1) is 16.2. The number of fused-ring (bicyclic) bond motifs is 1. The minimum atomic E-state index is 0.632. The number of aromatic amines is 1. The molecule has 0 unspecified atom stereocenters. The first-order valence-electron chi connectivity index (χ1n) is 10.8. The van der Waals surface area contributed by atoms with E-state index in [1.165, 1.54) is 0 Å². The highest BCUT2D eigenvalue weighted by Crippen LogP contribution is 2.31. The van der Waals surface area contributed by atoms with Gasteiger partial charge in [0.05, 0.1) is 24.3 Å². The number of amides is 1. The van der Waals surface area contributed by atoms with Crippen LogP contribution in [0, 0.1) is 0 Å². The number of methoxy groups -OCH3 is 1. The number of rotatable bonds is 7. The van der Waals surface area contributed by atoms with Crippen LogP contribution in [0.5, 0.6) is 5.75 Å². The van der Waals surface area contributed by atoms with Crippen molar-refractivity contribution in [3.05, 3.63) is 60.6 Å². The third-order valence-electron chi connectivity index (χ3n) is 5.83. The molecule has 4 aromatic rings. The summed E-state index contributed by atoms with van der Waals surface area (Å²) in [6, 6.07) is 12.0. The van der Waals surface area contributed by atoms with E-state index >= 15 is 0 Å². The van der Waals surface area contributed by atoms with Crippen LogP contribution in [0.4, 0.5) is 11.8 Å². The van der Waals surface area contributed by atoms with Crippen LogP contribution < -0.4 is 10.1 Å². The highest BCUT2D eigenvalue weighted by Gasteiger charge is 2.16. The van der Waals surface area contributed by atoms with Crippen molar-refractivity contribution in [3.63, 3.8) is 0 Å². The first kappa shape index (κ1) is 20.9. The van der Waals surface area contributed by atoms with E-state index in [1.807, 2.05) is 41.3 Å². The maximum atomic E-state index is 10.9. The van der Waals surface area contributed by atoms with Crippen LogP contribution >= 0.6 is 0 Å². The van der Waals surface area contributed by atoms with E-state index in [4.69, 9.17) is 4.74 Å². The number of nitrogens with zero attached hydrogens (tertiary/aromatic N) is 5. The number of carbonyl (C=O) groups is 1. The summed E-state index contributed by atoms with van der Waals surface area (Å²) in [5.74, 6) is 2.09. The summed E-state index contributed by atoms with van der Waals surface area (Å²) < 4.78 is 5.44. The normalized spacial score (nSPS) is 14.4. The molecule has 0 atom stereocenters. The molecule has 1 saturated heterocycles. The maximum absolute atomic E-state index is 10.9. The molecule has 4 heterocycles. The van der Waals surface area contributed by atoms with Gasteiger partial charge in [0.15, 0.2) is 0 Å². The monoisotopic (exact) mass is 443 g/mol. The number of hydrogen-bond acceptors (Lipinski definition) is 7. The van der Waals surface area contributed by atoms with E-state index in [0.29, 0.717) is 5.95 Å². The summed E-state index contributed by atoms with van der Waals surface area (Å²) >= 11 is 0. The number of hydrogen-bond donors (Lipinski definition) is 2. The molecule has 9 nitrogen and oxygen atoms in total. The van der Waals surface area contributed by atoms with Crippen LogP contribution in [-0.4, -0.2) is 69.4 Å². The summed E-state index contributed by atoms with van der Waals surface area (Å²) in [4.78, 5) is 31.6. The number of ether oxygens (including phenoxy) is 1. The predicted octanol–water partition coefficient (Wildman–Crippen LogP) is 3.05. The number of nitrogens with one attached hydrogen (secondary N) is 2. The number of carbonyl (C=O) groups excluding carboxylic acids is 1. The van der Waals surface area contributed by atoms with Crippen molar-refractivity contribution in [2.24, 2.45) is 0 Å². The summed E-state index contributed by atoms with van der Waals surface area (Å²) in [5.41, 5.74) is 4.93. The Balaban J connectivity index is 1.31. The largest absolute Gasteiger partial charge is 0.494 e. The van der Waals surface area contributed by atoms with Crippen molar-refractivity contribution in [1.29, 1.82) is 0 Å². The molecule has 1 amide bonds. The molecule has 1 aromatic carbocycles. The molecule has 0 aliphatic carbocycles. The first-order valence-corrected chi connectivity index (χ1v) is 10.8. The molecule has 2 N–H and O–H groups in total. The van der Waals surface area contributed by atoms with Gasteiger partial charge in [0.1, 0.15) is 11.6 Å². The Bertz CT molecular complexity index is 1260. The Kier molecular flexibility index (Phi) is 5.86. The second-order valence-electron chi connectivity index (χ2n) is 7.99. The Morgan fingerprint density at radius 3 is 2.82 bits per heavy atom. The van der Waals surface area contributed by atoms with Crippen LogP contribution in [0.3, 0.4) is 0 Å². The molecule has 0 saturated carbocycles. The minimum absolute atomic E-state index is 0.632. The molecule has 33 heavy (non-hydrogen) atoms. The maximum Gasteiger partial charge on any atom is 0.209 e. The molecule has 1 aliphatic heterocycles. The van der Waals surface area contributed by atoms with E-state index < -0.39 is 0 Å². The fourth-order valence-electron chi connectivity index (χ4n) is 4.06. The van der Waals surface area contributed by atoms with E-state index in [2.05, 4.69) is 30.2 Å². The molecule has 5 rings (SSSR count). The minimum Gasteiger partial charge on any atom is -0.494 e. The number of aromatic nitrogens is 4. The number of benzene rings is 1. The second-order valence-corrected chi connectivity index (χ2v) is 7.99. The topological polar surface area (TPSA) is 99.3 Å². The summed E-state index contributed by atoms with van der Waals surface area (Å²) in [7, 11) is 1.64. The van der Waals surface area contributed by atoms with Crippen molar-refractivity contribution < 1.29 is 9.53 Å². The lowest BCUT2D eigenvalue weighted by atomic mass is 10.1. The van der Waals surface area contributed by atoms with Gasteiger partial charge >= 0.3 is 0 Å². The van der Waals surface area contributed by atoms with Gasteiger partial charge < -0.3 is 19.9 Å². The highest BCUT2D eigenvalue weighted by atomic mass is 16.5. The van der Waals surface area contributed by atoms with Crippen molar-refractivity contribution in [3.8, 4) is 16.9 Å². The molecule has 1 fully saturated rings. The second kappa shape index (κ2) is 9.25. The molecule has 0 radical (unpaired) electrons. The summed E-state index contributed by atoms with van der Waals surface area (Å²) in [6.45, 7) is 4.11. The standard InChI is InChI=1S/C24H25N7O2/c1-33-22-14-25-6-5-19(22)18-2-3-20-21(13-18)28-24(27-20)29-23-12-17(4-7-26-23)15-30-8-10-31(16-32)11-9-30/h2-7,12-14,16H,8-11,15H2,1H3,(H2,26,27,28,29). The quantitative estimate of drug-likeness (QED) is 0.424. The summed E-state index contributed by atoms with van der Waals surface area (Å²) in [6.07, 6.45) is 6.19. The number of anilines is 2. The van der Waals surface area contributed by atoms with E-state index in [9.17, 15) is 4.79 Å². The zero-order valence-corrected chi connectivity index (χ0v) is 18.4. The Morgan fingerprint density at radius 1 is 1.12 bits per heavy atom. The van der Waals surface area contributed by atoms with Gasteiger partial charge in [-0.25, -0.2) is 9.97 Å². The molecule has 168 valence electrons. The van der Waals surface area contributed by atoms with E-state index in [1.54, 1.807) is 25.7 Å². The lowest BCUT2D eigenvalue weighted by molar-refractivity contribution is -0.119. The van der Waals surface area contributed by atoms with E-state index in [0.717, 1.165) is 78.4 Å².